The lowest BCUT2D eigenvalue weighted by molar-refractivity contribution is 0.867. The van der Waals surface area contributed by atoms with Gasteiger partial charge in [-0.25, -0.2) is 0 Å². The molecule has 0 aliphatic carbocycles. The number of fused-ring (bicyclic) bond motifs is 4. The van der Waals surface area contributed by atoms with E-state index in [2.05, 4.69) is 35.6 Å². The van der Waals surface area contributed by atoms with E-state index in [1.807, 2.05) is 42.5 Å². The summed E-state index contributed by atoms with van der Waals surface area (Å²) in [5.41, 5.74) is 5.08. The van der Waals surface area contributed by atoms with Crippen LogP contribution in [0.5, 0.6) is 0 Å². The molecule has 2 N–H and O–H groups in total. The molecule has 5 heteroatoms. The molecule has 3 aromatic carbocycles. The van der Waals surface area contributed by atoms with Gasteiger partial charge < -0.3 is 14.9 Å². The molecule has 156 valence electrons. The van der Waals surface area contributed by atoms with Crippen molar-refractivity contribution in [3.63, 3.8) is 0 Å². The average Bonchev–Trinajstić information content (AvgIpc) is 2.79. The average molecular weight is 412 g/mol. The number of para-hydroxylation sites is 1. The van der Waals surface area contributed by atoms with Crippen LogP contribution in [0.1, 0.15) is 26.3 Å². The van der Waals surface area contributed by atoms with Crippen molar-refractivity contribution < 1.29 is 0 Å². The zero-order valence-electron chi connectivity index (χ0n) is 18.0. The molecule has 0 bridgehead atoms. The van der Waals surface area contributed by atoms with Crippen molar-refractivity contribution in [1.29, 1.82) is 0 Å². The van der Waals surface area contributed by atoms with Gasteiger partial charge in [0.25, 0.3) is 0 Å². The van der Waals surface area contributed by atoms with Crippen molar-refractivity contribution in [2.45, 2.75) is 27.2 Å². The van der Waals surface area contributed by atoms with Gasteiger partial charge in [-0.05, 0) is 62.2 Å². The van der Waals surface area contributed by atoms with E-state index < -0.39 is 0 Å². The Kier molecular flexibility index (Phi) is 4.54. The fourth-order valence-electron chi connectivity index (χ4n) is 4.60. The van der Waals surface area contributed by atoms with Crippen LogP contribution in [0.3, 0.4) is 0 Å². The maximum absolute atomic E-state index is 13.4. The summed E-state index contributed by atoms with van der Waals surface area (Å²) in [5.74, 6) is 0. The van der Waals surface area contributed by atoms with Crippen LogP contribution in [0.15, 0.2) is 58.1 Å². The van der Waals surface area contributed by atoms with Crippen LogP contribution in [-0.4, -0.2) is 23.1 Å². The molecule has 0 aliphatic heterocycles. The number of hydrogen-bond acceptors (Lipinski definition) is 3. The van der Waals surface area contributed by atoms with Crippen LogP contribution in [0.4, 0.5) is 5.69 Å². The third-order valence-corrected chi connectivity index (χ3v) is 6.33. The Bertz CT molecular complexity index is 1590. The van der Waals surface area contributed by atoms with E-state index in [1.54, 1.807) is 6.07 Å². The second kappa shape index (κ2) is 7.27. The number of aryl methyl sites for hydroxylation is 1. The maximum Gasteiger partial charge on any atom is 0.197 e. The van der Waals surface area contributed by atoms with Crippen LogP contribution < -0.4 is 15.8 Å². The van der Waals surface area contributed by atoms with Crippen molar-refractivity contribution >= 4 is 49.3 Å². The summed E-state index contributed by atoms with van der Waals surface area (Å²) >= 11 is 0. The fraction of sp³-hybridized carbons (Fsp3) is 0.231. The molecule has 5 nitrogen and oxygen atoms in total. The van der Waals surface area contributed by atoms with E-state index in [0.717, 1.165) is 41.8 Å². The van der Waals surface area contributed by atoms with Gasteiger partial charge in [-0.2, -0.15) is 0 Å². The minimum absolute atomic E-state index is 0.0150. The highest BCUT2D eigenvalue weighted by molar-refractivity contribution is 6.03. The summed E-state index contributed by atoms with van der Waals surface area (Å²) in [6, 6.07) is 15.4. The Morgan fingerprint density at radius 3 is 2.03 bits per heavy atom. The summed E-state index contributed by atoms with van der Waals surface area (Å²) in [4.78, 5) is 35.7. The van der Waals surface area contributed by atoms with Gasteiger partial charge in [-0.15, -0.1) is 0 Å². The SMILES string of the molecule is CCc1cccc2c(=O)c3cc4[nH]c5ccc(N(CC)CC)cc5c(=O)c4cc3[nH]c12. The van der Waals surface area contributed by atoms with Crippen molar-refractivity contribution in [3.8, 4) is 0 Å². The zero-order chi connectivity index (χ0) is 21.7. The number of aromatic nitrogens is 2. The lowest BCUT2D eigenvalue weighted by Crippen LogP contribution is -2.22. The third-order valence-electron chi connectivity index (χ3n) is 6.33. The molecule has 31 heavy (non-hydrogen) atoms. The summed E-state index contributed by atoms with van der Waals surface area (Å²) < 4.78 is 0. The van der Waals surface area contributed by atoms with Crippen LogP contribution >= 0.6 is 0 Å². The molecule has 0 radical (unpaired) electrons. The third kappa shape index (κ3) is 2.92. The second-order valence-electron chi connectivity index (χ2n) is 7.95. The second-order valence-corrected chi connectivity index (χ2v) is 7.95. The number of nitrogens with zero attached hydrogens (tertiary/aromatic N) is 1. The van der Waals surface area contributed by atoms with Crippen LogP contribution in [0, 0.1) is 0 Å². The van der Waals surface area contributed by atoms with Crippen LogP contribution in [0.25, 0.3) is 43.6 Å². The minimum Gasteiger partial charge on any atom is -0.372 e. The van der Waals surface area contributed by atoms with E-state index in [9.17, 15) is 9.59 Å². The molecule has 0 saturated carbocycles. The van der Waals surface area contributed by atoms with Gasteiger partial charge in [0.15, 0.2) is 10.9 Å². The van der Waals surface area contributed by atoms with E-state index in [-0.39, 0.29) is 10.9 Å². The van der Waals surface area contributed by atoms with Gasteiger partial charge in [0.2, 0.25) is 0 Å². The first-order valence-corrected chi connectivity index (χ1v) is 10.9. The van der Waals surface area contributed by atoms with Crippen LogP contribution in [-0.2, 0) is 6.42 Å². The number of hydrogen-bond donors (Lipinski definition) is 2. The van der Waals surface area contributed by atoms with Crippen LogP contribution in [0.2, 0.25) is 0 Å². The Morgan fingerprint density at radius 1 is 0.710 bits per heavy atom. The van der Waals surface area contributed by atoms with Crippen molar-refractivity contribution in [1.82, 2.24) is 9.97 Å². The summed E-state index contributed by atoms with van der Waals surface area (Å²) in [6.45, 7) is 8.05. The molecule has 0 aliphatic rings. The number of H-pyrrole nitrogens is 2. The highest BCUT2D eigenvalue weighted by atomic mass is 16.1. The number of aromatic amines is 2. The monoisotopic (exact) mass is 411 g/mol. The van der Waals surface area contributed by atoms with E-state index in [1.165, 1.54) is 0 Å². The first-order chi connectivity index (χ1) is 15.0. The smallest absolute Gasteiger partial charge is 0.197 e. The normalized spacial score (nSPS) is 11.7. The van der Waals surface area contributed by atoms with Gasteiger partial charge in [0.1, 0.15) is 0 Å². The van der Waals surface area contributed by atoms with E-state index >= 15 is 0 Å². The van der Waals surface area contributed by atoms with Gasteiger partial charge in [-0.3, -0.25) is 9.59 Å². The van der Waals surface area contributed by atoms with Gasteiger partial charge in [0.05, 0.1) is 16.6 Å². The lowest BCUT2D eigenvalue weighted by Gasteiger charge is -2.21. The predicted molar refractivity (Wildman–Crippen MR) is 131 cm³/mol. The Labute approximate surface area is 179 Å². The quantitative estimate of drug-likeness (QED) is 0.405. The molecule has 0 atom stereocenters. The maximum atomic E-state index is 13.4. The molecule has 0 saturated heterocycles. The molecule has 5 aromatic rings. The van der Waals surface area contributed by atoms with Crippen molar-refractivity contribution in [2.75, 3.05) is 18.0 Å². The number of anilines is 1. The van der Waals surface area contributed by atoms with Gasteiger partial charge in [0, 0.05) is 45.8 Å². The van der Waals surface area contributed by atoms with Crippen molar-refractivity contribution in [2.24, 2.45) is 0 Å². The molecule has 0 amide bonds. The molecular weight excluding hydrogens is 386 g/mol. The largest absolute Gasteiger partial charge is 0.372 e. The molecule has 0 unspecified atom stereocenters. The van der Waals surface area contributed by atoms with Crippen molar-refractivity contribution in [3.05, 3.63) is 74.5 Å². The number of benzene rings is 3. The topological polar surface area (TPSA) is 69.0 Å². The molecule has 2 heterocycles. The summed E-state index contributed by atoms with van der Waals surface area (Å²) in [5, 5.41) is 2.51. The standard InChI is InChI=1S/C26H25N3O2/c1-4-15-8-7-9-17-24(15)28-23-14-19-22(13-20(23)25(17)30)27-21-11-10-16(29(5-2)6-3)12-18(21)26(19)31/h7-14H,4-6H2,1-3H3,(H,27,31)(H,28,30). The zero-order valence-corrected chi connectivity index (χ0v) is 18.0. The predicted octanol–water partition coefficient (Wildman–Crippen LogP) is 5.08. The molecule has 0 fully saturated rings. The lowest BCUT2D eigenvalue weighted by atomic mass is 10.0. The molecule has 2 aromatic heterocycles. The Hall–Kier alpha value is -3.60. The molecule has 0 spiro atoms. The molecule has 5 rings (SSSR count). The van der Waals surface area contributed by atoms with Gasteiger partial charge in [-0.1, -0.05) is 19.1 Å². The Balaban J connectivity index is 1.86. The number of pyridine rings is 2. The van der Waals surface area contributed by atoms with E-state index in [0.29, 0.717) is 32.6 Å². The van der Waals surface area contributed by atoms with Gasteiger partial charge >= 0.3 is 0 Å². The molecular formula is C26H25N3O2. The minimum atomic E-state index is -0.0237. The highest BCUT2D eigenvalue weighted by Gasteiger charge is 2.13. The van der Waals surface area contributed by atoms with E-state index in [4.69, 9.17) is 0 Å². The summed E-state index contributed by atoms with van der Waals surface area (Å²) in [6.07, 6.45) is 0.825. The first kappa shape index (κ1) is 19.4. The highest BCUT2D eigenvalue weighted by Crippen LogP contribution is 2.25. The number of rotatable bonds is 4. The first-order valence-electron chi connectivity index (χ1n) is 10.9. The fourth-order valence-corrected chi connectivity index (χ4v) is 4.60. The number of nitrogens with one attached hydrogen (secondary N) is 2. The Morgan fingerprint density at radius 2 is 1.35 bits per heavy atom. The summed E-state index contributed by atoms with van der Waals surface area (Å²) in [7, 11) is 0.